The van der Waals surface area contributed by atoms with Crippen molar-refractivity contribution in [3.63, 3.8) is 0 Å². The number of carbonyl (C=O) groups is 1. The molecule has 3 aromatic carbocycles. The molecule has 168 valence electrons. The number of benzene rings is 3. The third-order valence-electron chi connectivity index (χ3n) is 5.54. The van der Waals surface area contributed by atoms with Crippen molar-refractivity contribution < 1.29 is 13.2 Å². The lowest BCUT2D eigenvalue weighted by Crippen LogP contribution is -2.39. The van der Waals surface area contributed by atoms with Gasteiger partial charge in [0, 0.05) is 5.69 Å². The molecule has 3 rings (SSSR count). The van der Waals surface area contributed by atoms with E-state index >= 15 is 0 Å². The van der Waals surface area contributed by atoms with Gasteiger partial charge in [-0.1, -0.05) is 67.9 Å². The van der Waals surface area contributed by atoms with Crippen molar-refractivity contribution in [1.82, 2.24) is 0 Å². The van der Waals surface area contributed by atoms with E-state index < -0.39 is 10.0 Å². The quantitative estimate of drug-likeness (QED) is 0.509. The van der Waals surface area contributed by atoms with Crippen LogP contribution in [0.4, 0.5) is 11.4 Å². The number of hydrogen-bond donors (Lipinski definition) is 1. The Morgan fingerprint density at radius 3 is 2.12 bits per heavy atom. The molecule has 0 aromatic heterocycles. The first-order chi connectivity index (χ1) is 15.3. The molecular weight excluding hydrogens is 420 g/mol. The van der Waals surface area contributed by atoms with Crippen molar-refractivity contribution in [2.75, 3.05) is 16.2 Å². The zero-order chi connectivity index (χ0) is 23.3. The summed E-state index contributed by atoms with van der Waals surface area (Å²) < 4.78 is 28.5. The fourth-order valence-electron chi connectivity index (χ4n) is 3.70. The van der Waals surface area contributed by atoms with E-state index in [9.17, 15) is 13.2 Å². The van der Waals surface area contributed by atoms with Gasteiger partial charge in [-0.25, -0.2) is 8.42 Å². The van der Waals surface area contributed by atoms with E-state index in [-0.39, 0.29) is 17.3 Å². The van der Waals surface area contributed by atoms with E-state index in [0.717, 1.165) is 34.4 Å². The summed E-state index contributed by atoms with van der Waals surface area (Å²) in [7, 11) is -3.94. The van der Waals surface area contributed by atoms with E-state index in [4.69, 9.17) is 0 Å². The van der Waals surface area contributed by atoms with Gasteiger partial charge in [-0.05, 0) is 61.6 Å². The SMILES string of the molecule is CCc1ccccc1N(CC(=O)Nc1c(C)cccc1CC)S(=O)(=O)c1ccc(C)cc1. The highest BCUT2D eigenvalue weighted by Crippen LogP contribution is 2.28. The fraction of sp³-hybridized carbons (Fsp3) is 0.269. The molecule has 0 radical (unpaired) electrons. The lowest BCUT2D eigenvalue weighted by Gasteiger charge is -2.26. The summed E-state index contributed by atoms with van der Waals surface area (Å²) in [5.74, 6) is -0.379. The number of carbonyl (C=O) groups excluding carboxylic acids is 1. The van der Waals surface area contributed by atoms with Gasteiger partial charge in [-0.15, -0.1) is 0 Å². The zero-order valence-electron chi connectivity index (χ0n) is 19.1. The number of rotatable bonds is 8. The molecule has 0 saturated carbocycles. The highest BCUT2D eigenvalue weighted by Gasteiger charge is 2.28. The Hall–Kier alpha value is -3.12. The van der Waals surface area contributed by atoms with Crippen LogP contribution in [0.1, 0.15) is 36.1 Å². The first-order valence-corrected chi connectivity index (χ1v) is 12.3. The predicted octanol–water partition coefficient (Wildman–Crippen LogP) is 5.26. The number of sulfonamides is 1. The van der Waals surface area contributed by atoms with Gasteiger partial charge in [0.05, 0.1) is 10.6 Å². The number of para-hydroxylation sites is 2. The number of nitrogens with one attached hydrogen (secondary N) is 1. The number of nitrogens with zero attached hydrogens (tertiary/aromatic N) is 1. The van der Waals surface area contributed by atoms with Gasteiger partial charge >= 0.3 is 0 Å². The molecule has 0 spiro atoms. The molecular formula is C26H30N2O3S. The third-order valence-corrected chi connectivity index (χ3v) is 7.32. The highest BCUT2D eigenvalue weighted by molar-refractivity contribution is 7.92. The van der Waals surface area contributed by atoms with Crippen molar-refractivity contribution in [3.8, 4) is 0 Å². The molecule has 32 heavy (non-hydrogen) atoms. The molecule has 0 saturated heterocycles. The van der Waals surface area contributed by atoms with Crippen LogP contribution in [0.15, 0.2) is 71.6 Å². The Kier molecular flexibility index (Phi) is 7.36. The normalized spacial score (nSPS) is 11.2. The maximum Gasteiger partial charge on any atom is 0.264 e. The molecule has 3 aromatic rings. The summed E-state index contributed by atoms with van der Waals surface area (Å²) >= 11 is 0. The molecule has 0 aliphatic rings. The Morgan fingerprint density at radius 2 is 1.47 bits per heavy atom. The summed E-state index contributed by atoms with van der Waals surface area (Å²) in [5, 5.41) is 2.96. The van der Waals surface area contributed by atoms with Crippen LogP contribution in [0.5, 0.6) is 0 Å². The van der Waals surface area contributed by atoms with Gasteiger partial charge in [0.25, 0.3) is 10.0 Å². The standard InChI is InChI=1S/C26H30N2O3S/c1-5-21-11-7-8-13-24(21)28(32(30,31)23-16-14-19(3)15-17-23)18-25(29)27-26-20(4)10-9-12-22(26)6-2/h7-17H,5-6,18H2,1-4H3,(H,27,29). The van der Waals surface area contributed by atoms with E-state index in [2.05, 4.69) is 5.32 Å². The Bertz CT molecular complexity index is 1200. The van der Waals surface area contributed by atoms with Crippen LogP contribution in [0.3, 0.4) is 0 Å². The number of amides is 1. The second-order valence-corrected chi connectivity index (χ2v) is 9.68. The van der Waals surface area contributed by atoms with Gasteiger partial charge in [-0.2, -0.15) is 0 Å². The molecule has 1 N–H and O–H groups in total. The van der Waals surface area contributed by atoms with Crippen LogP contribution >= 0.6 is 0 Å². The summed E-state index contributed by atoms with van der Waals surface area (Å²) in [4.78, 5) is 13.3. The van der Waals surface area contributed by atoms with Crippen LogP contribution in [0, 0.1) is 13.8 Å². The summed E-state index contributed by atoms with van der Waals surface area (Å²) in [5.41, 5.74) is 5.05. The number of anilines is 2. The van der Waals surface area contributed by atoms with E-state index in [1.54, 1.807) is 36.4 Å². The van der Waals surface area contributed by atoms with E-state index in [1.165, 1.54) is 4.31 Å². The minimum absolute atomic E-state index is 0.159. The van der Waals surface area contributed by atoms with Gasteiger partial charge in [-0.3, -0.25) is 9.10 Å². The van der Waals surface area contributed by atoms with Crippen molar-refractivity contribution in [2.45, 2.75) is 45.4 Å². The second-order valence-electron chi connectivity index (χ2n) is 7.82. The van der Waals surface area contributed by atoms with Crippen LogP contribution < -0.4 is 9.62 Å². The summed E-state index contributed by atoms with van der Waals surface area (Å²) in [6.07, 6.45) is 1.41. The van der Waals surface area contributed by atoms with Crippen molar-refractivity contribution >= 4 is 27.3 Å². The van der Waals surface area contributed by atoms with Crippen LogP contribution in [-0.2, 0) is 27.7 Å². The van der Waals surface area contributed by atoms with E-state index in [1.807, 2.05) is 58.0 Å². The van der Waals surface area contributed by atoms with Crippen molar-refractivity contribution in [2.24, 2.45) is 0 Å². The minimum atomic E-state index is -3.94. The maximum absolute atomic E-state index is 13.6. The lowest BCUT2D eigenvalue weighted by molar-refractivity contribution is -0.114. The Labute approximate surface area is 191 Å². The predicted molar refractivity (Wildman–Crippen MR) is 131 cm³/mol. The van der Waals surface area contributed by atoms with Crippen molar-refractivity contribution in [3.05, 3.63) is 89.0 Å². The molecule has 0 heterocycles. The molecule has 0 aliphatic carbocycles. The summed E-state index contributed by atoms with van der Waals surface area (Å²) in [6.45, 7) is 7.51. The molecule has 0 atom stereocenters. The largest absolute Gasteiger partial charge is 0.324 e. The first kappa shape index (κ1) is 23.5. The van der Waals surface area contributed by atoms with Crippen LogP contribution in [-0.4, -0.2) is 20.9 Å². The van der Waals surface area contributed by atoms with Gasteiger partial charge in [0.1, 0.15) is 6.54 Å². The molecule has 5 nitrogen and oxygen atoms in total. The molecule has 0 unspecified atom stereocenters. The highest BCUT2D eigenvalue weighted by atomic mass is 32.2. The number of hydrogen-bond acceptors (Lipinski definition) is 3. The lowest BCUT2D eigenvalue weighted by atomic mass is 10.1. The van der Waals surface area contributed by atoms with Crippen LogP contribution in [0.25, 0.3) is 0 Å². The van der Waals surface area contributed by atoms with Gasteiger partial charge in [0.2, 0.25) is 5.91 Å². The zero-order valence-corrected chi connectivity index (χ0v) is 19.9. The summed E-state index contributed by atoms with van der Waals surface area (Å²) in [6, 6.07) is 19.9. The third kappa shape index (κ3) is 5.02. The first-order valence-electron chi connectivity index (χ1n) is 10.8. The van der Waals surface area contributed by atoms with Crippen LogP contribution in [0.2, 0.25) is 0 Å². The van der Waals surface area contributed by atoms with Gasteiger partial charge in [0.15, 0.2) is 0 Å². The molecule has 0 fully saturated rings. The topological polar surface area (TPSA) is 66.5 Å². The smallest absolute Gasteiger partial charge is 0.264 e. The molecule has 0 bridgehead atoms. The average molecular weight is 451 g/mol. The van der Waals surface area contributed by atoms with Crippen molar-refractivity contribution in [1.29, 1.82) is 0 Å². The average Bonchev–Trinajstić information content (AvgIpc) is 2.79. The fourth-order valence-corrected chi connectivity index (χ4v) is 5.16. The van der Waals surface area contributed by atoms with E-state index in [0.29, 0.717) is 12.1 Å². The second kappa shape index (κ2) is 10.0. The van der Waals surface area contributed by atoms with Gasteiger partial charge < -0.3 is 5.32 Å². The minimum Gasteiger partial charge on any atom is -0.324 e. The Morgan fingerprint density at radius 1 is 0.844 bits per heavy atom. The molecule has 1 amide bonds. The maximum atomic E-state index is 13.6. The Balaban J connectivity index is 2.02. The number of aryl methyl sites for hydroxylation is 4. The molecule has 6 heteroatoms. The monoisotopic (exact) mass is 450 g/mol. The molecule has 0 aliphatic heterocycles.